The van der Waals surface area contributed by atoms with E-state index in [2.05, 4.69) is 20.3 Å². The van der Waals surface area contributed by atoms with Crippen molar-refractivity contribution in [3.05, 3.63) is 87.8 Å². The number of amides is 2. The molecule has 2 amide bonds. The summed E-state index contributed by atoms with van der Waals surface area (Å²) in [7, 11) is -4.01. The lowest BCUT2D eigenvalue weighted by atomic mass is 10.0. The van der Waals surface area contributed by atoms with Gasteiger partial charge in [0, 0.05) is 11.8 Å². The average molecular weight is 544 g/mol. The minimum absolute atomic E-state index is 0.0156. The molecule has 0 spiro atoms. The molecule has 0 aliphatic carbocycles. The van der Waals surface area contributed by atoms with E-state index >= 15 is 0 Å². The molecular weight excluding hydrogens is 529 g/mol. The molecule has 2 aromatic heterocycles. The van der Waals surface area contributed by atoms with Crippen molar-refractivity contribution in [3.8, 4) is 17.3 Å². The van der Waals surface area contributed by atoms with Crippen molar-refractivity contribution < 1.29 is 13.2 Å². The second kappa shape index (κ2) is 10.3. The van der Waals surface area contributed by atoms with Gasteiger partial charge in [-0.3, -0.25) is 9.71 Å². The Morgan fingerprint density at radius 3 is 2.46 bits per heavy atom. The molecule has 0 fully saturated rings. The van der Waals surface area contributed by atoms with Gasteiger partial charge in [-0.2, -0.15) is 5.26 Å². The van der Waals surface area contributed by atoms with Crippen molar-refractivity contribution >= 4 is 67.7 Å². The highest BCUT2D eigenvalue weighted by atomic mass is 35.5. The summed E-state index contributed by atoms with van der Waals surface area (Å²) < 4.78 is 28.6. The lowest BCUT2D eigenvalue weighted by Crippen LogP contribution is -2.21. The van der Waals surface area contributed by atoms with E-state index in [1.54, 1.807) is 47.8 Å². The quantitative estimate of drug-likeness (QED) is 0.258. The Balaban J connectivity index is 1.79. The Bertz CT molecular complexity index is 1540. The van der Waals surface area contributed by atoms with E-state index in [-0.39, 0.29) is 42.4 Å². The van der Waals surface area contributed by atoms with Gasteiger partial charge in [0.15, 0.2) is 0 Å². The van der Waals surface area contributed by atoms with E-state index in [0.29, 0.717) is 5.69 Å². The van der Waals surface area contributed by atoms with Gasteiger partial charge in [0.2, 0.25) is 0 Å². The van der Waals surface area contributed by atoms with Crippen LogP contribution < -0.4 is 15.4 Å². The van der Waals surface area contributed by atoms with Crippen LogP contribution in [0.4, 0.5) is 21.9 Å². The minimum atomic E-state index is -4.01. The molecule has 3 N–H and O–H groups in total. The first-order valence-corrected chi connectivity index (χ1v) is 13.0. The topological polar surface area (TPSA) is 124 Å². The molecule has 4 rings (SSSR count). The normalized spacial score (nSPS) is 10.9. The number of nitrogens with zero attached hydrogens (tertiary/aromatic N) is 2. The highest BCUT2D eigenvalue weighted by Gasteiger charge is 2.24. The number of carbonyl (C=O) groups is 1. The van der Waals surface area contributed by atoms with Crippen molar-refractivity contribution in [2.45, 2.75) is 4.21 Å². The molecule has 176 valence electrons. The Labute approximate surface area is 215 Å². The number of hydrogen-bond acceptors (Lipinski definition) is 6. The molecule has 12 heteroatoms. The fourth-order valence-electron chi connectivity index (χ4n) is 3.16. The first-order valence-electron chi connectivity index (χ1n) is 9.87. The Hall–Kier alpha value is -3.62. The van der Waals surface area contributed by atoms with E-state index in [0.717, 1.165) is 11.3 Å². The van der Waals surface area contributed by atoms with Gasteiger partial charge in [-0.05, 0) is 47.8 Å². The molecule has 0 unspecified atom stereocenters. The molecule has 4 aromatic rings. The molecule has 0 saturated heterocycles. The van der Waals surface area contributed by atoms with Crippen molar-refractivity contribution in [1.82, 2.24) is 4.98 Å². The number of thiophene rings is 1. The van der Waals surface area contributed by atoms with Gasteiger partial charge in [-0.1, -0.05) is 41.4 Å². The summed E-state index contributed by atoms with van der Waals surface area (Å²) in [4.78, 5) is 17.1. The first kappa shape index (κ1) is 24.5. The van der Waals surface area contributed by atoms with E-state index < -0.39 is 16.1 Å². The van der Waals surface area contributed by atoms with E-state index in [9.17, 15) is 18.5 Å². The summed E-state index contributed by atoms with van der Waals surface area (Å²) in [5.41, 5.74) is 1.08. The van der Waals surface area contributed by atoms with Crippen LogP contribution in [0.5, 0.6) is 0 Å². The zero-order valence-corrected chi connectivity index (χ0v) is 20.8. The van der Waals surface area contributed by atoms with Gasteiger partial charge in [-0.15, -0.1) is 11.3 Å². The van der Waals surface area contributed by atoms with Crippen LogP contribution >= 0.6 is 34.5 Å². The van der Waals surface area contributed by atoms with Crippen LogP contribution in [-0.4, -0.2) is 19.4 Å². The number of nitriles is 1. The molecule has 2 heterocycles. The number of hydrogen-bond donors (Lipinski definition) is 3. The summed E-state index contributed by atoms with van der Waals surface area (Å²) in [6, 6.07) is 17.1. The maximum absolute atomic E-state index is 13.0. The molecule has 0 bridgehead atoms. The zero-order valence-electron chi connectivity index (χ0n) is 17.6. The van der Waals surface area contributed by atoms with E-state index in [1.165, 1.54) is 24.4 Å². The van der Waals surface area contributed by atoms with Crippen molar-refractivity contribution in [3.63, 3.8) is 0 Å². The van der Waals surface area contributed by atoms with E-state index in [1.807, 2.05) is 6.07 Å². The SMILES string of the molecule is N#Cc1ccc(NC(=O)Nc2cccc(Cl)c2Cl)c(-c2ccccn2)c1NS(=O)(=O)c1cccs1. The summed E-state index contributed by atoms with van der Waals surface area (Å²) in [6.45, 7) is 0. The molecule has 8 nitrogen and oxygen atoms in total. The molecule has 0 aliphatic heterocycles. The first-order chi connectivity index (χ1) is 16.8. The number of halogens is 2. The summed E-state index contributed by atoms with van der Waals surface area (Å²) >= 11 is 13.2. The minimum Gasteiger partial charge on any atom is -0.307 e. The number of rotatable bonds is 6. The van der Waals surface area contributed by atoms with Crippen LogP contribution in [0.15, 0.2) is 76.4 Å². The highest BCUT2D eigenvalue weighted by Crippen LogP contribution is 2.38. The number of carbonyl (C=O) groups excluding carboxylic acids is 1. The summed E-state index contributed by atoms with van der Waals surface area (Å²) in [5.74, 6) is 0. The predicted octanol–water partition coefficient (Wildman–Crippen LogP) is 6.43. The lowest BCUT2D eigenvalue weighted by molar-refractivity contribution is 0.262. The van der Waals surface area contributed by atoms with Gasteiger partial charge in [0.25, 0.3) is 10.0 Å². The number of benzene rings is 2. The van der Waals surface area contributed by atoms with Crippen LogP contribution in [-0.2, 0) is 10.0 Å². The molecular formula is C23H15Cl2N5O3S2. The van der Waals surface area contributed by atoms with Crippen LogP contribution in [0.25, 0.3) is 11.3 Å². The second-order valence-electron chi connectivity index (χ2n) is 6.96. The lowest BCUT2D eigenvalue weighted by Gasteiger charge is -2.18. The smallest absolute Gasteiger partial charge is 0.307 e. The van der Waals surface area contributed by atoms with E-state index in [4.69, 9.17) is 23.2 Å². The van der Waals surface area contributed by atoms with Crippen molar-refractivity contribution in [2.24, 2.45) is 0 Å². The standard InChI is InChI=1S/C23H15Cl2N5O3S2/c24-15-5-3-7-18(21(15)25)29-23(31)28-17-10-9-14(13-26)22(20(17)16-6-1-2-11-27-16)30-35(32,33)19-8-4-12-34-19/h1-12,30H,(H2,28,29,31). The third kappa shape index (κ3) is 5.39. The Kier molecular flexibility index (Phi) is 7.23. The Morgan fingerprint density at radius 1 is 0.971 bits per heavy atom. The third-order valence-corrected chi connectivity index (χ3v) is 8.26. The number of urea groups is 1. The summed E-state index contributed by atoms with van der Waals surface area (Å²) in [6.07, 6.45) is 1.52. The molecule has 0 aliphatic rings. The maximum Gasteiger partial charge on any atom is 0.323 e. The van der Waals surface area contributed by atoms with Crippen LogP contribution in [0.3, 0.4) is 0 Å². The maximum atomic E-state index is 13.0. The fourth-order valence-corrected chi connectivity index (χ4v) is 5.59. The number of anilines is 3. The number of aromatic nitrogens is 1. The largest absolute Gasteiger partial charge is 0.323 e. The third-order valence-electron chi connectivity index (χ3n) is 4.69. The second-order valence-corrected chi connectivity index (χ2v) is 10.6. The van der Waals surface area contributed by atoms with Crippen molar-refractivity contribution in [1.29, 1.82) is 5.26 Å². The average Bonchev–Trinajstić information content (AvgIpc) is 3.39. The monoisotopic (exact) mass is 543 g/mol. The van der Waals surface area contributed by atoms with Gasteiger partial charge in [0.1, 0.15) is 10.3 Å². The number of sulfonamides is 1. The van der Waals surface area contributed by atoms with Gasteiger partial charge in [-0.25, -0.2) is 13.2 Å². The molecule has 2 aromatic carbocycles. The van der Waals surface area contributed by atoms with Gasteiger partial charge in [0.05, 0.1) is 38.4 Å². The van der Waals surface area contributed by atoms with Gasteiger partial charge >= 0.3 is 6.03 Å². The summed E-state index contributed by atoms with van der Waals surface area (Å²) in [5, 5.41) is 17.1. The Morgan fingerprint density at radius 2 is 1.77 bits per heavy atom. The van der Waals surface area contributed by atoms with Crippen LogP contribution in [0.2, 0.25) is 10.0 Å². The molecule has 0 radical (unpaired) electrons. The highest BCUT2D eigenvalue weighted by molar-refractivity contribution is 7.94. The zero-order chi connectivity index (χ0) is 25.0. The van der Waals surface area contributed by atoms with Crippen LogP contribution in [0, 0.1) is 11.3 Å². The number of pyridine rings is 1. The molecule has 0 atom stereocenters. The van der Waals surface area contributed by atoms with Crippen LogP contribution in [0.1, 0.15) is 5.56 Å². The number of nitrogens with one attached hydrogen (secondary N) is 3. The fraction of sp³-hybridized carbons (Fsp3) is 0. The van der Waals surface area contributed by atoms with Gasteiger partial charge < -0.3 is 10.6 Å². The van der Waals surface area contributed by atoms with Crippen molar-refractivity contribution in [2.75, 3.05) is 15.4 Å². The molecule has 35 heavy (non-hydrogen) atoms. The molecule has 0 saturated carbocycles. The predicted molar refractivity (Wildman–Crippen MR) is 139 cm³/mol.